The molecule has 2 aromatic carbocycles. The molecule has 24 heavy (non-hydrogen) atoms. The highest BCUT2D eigenvalue weighted by Gasteiger charge is 2.11. The molecule has 0 saturated carbocycles. The van der Waals surface area contributed by atoms with Gasteiger partial charge in [-0.3, -0.25) is 0 Å². The summed E-state index contributed by atoms with van der Waals surface area (Å²) in [5.74, 6) is -0.337. The largest absolute Gasteiger partial charge is 0.478 e. The number of hydrogen-bond acceptors (Lipinski definition) is 3. The highest BCUT2D eigenvalue weighted by molar-refractivity contribution is 6.30. The summed E-state index contributed by atoms with van der Waals surface area (Å²) in [6.45, 7) is 0. The fourth-order valence-electron chi connectivity index (χ4n) is 2.46. The minimum atomic E-state index is -0.969. The Labute approximate surface area is 141 Å². The van der Waals surface area contributed by atoms with Gasteiger partial charge in [-0.1, -0.05) is 11.6 Å². The van der Waals surface area contributed by atoms with Crippen molar-refractivity contribution in [3.63, 3.8) is 0 Å². The molecule has 0 bridgehead atoms. The van der Waals surface area contributed by atoms with Gasteiger partial charge in [0.05, 0.1) is 34.0 Å². The number of rotatable bonds is 3. The maximum absolute atomic E-state index is 11.0. The van der Waals surface area contributed by atoms with Crippen molar-refractivity contribution in [1.29, 1.82) is 0 Å². The van der Waals surface area contributed by atoms with Crippen LogP contribution in [0.4, 0.5) is 0 Å². The standard InChI is InChI=1S/C17H11ClN4O2/c18-12-2-4-13(5-3-12)22-9-11(8-19-22)16-20-14-6-1-10(17(23)24)7-15(14)21-16/h1-9H,(H,20,21)(H,23,24). The van der Waals surface area contributed by atoms with Crippen LogP contribution in [0, 0.1) is 0 Å². The third-order valence-corrected chi connectivity index (χ3v) is 3.93. The highest BCUT2D eigenvalue weighted by Crippen LogP contribution is 2.22. The molecule has 2 aromatic heterocycles. The third-order valence-electron chi connectivity index (χ3n) is 3.68. The Morgan fingerprint density at radius 1 is 1.17 bits per heavy atom. The number of fused-ring (bicyclic) bond motifs is 1. The minimum absolute atomic E-state index is 0.217. The molecule has 2 N–H and O–H groups in total. The molecular weight excluding hydrogens is 328 g/mol. The SMILES string of the molecule is O=C(O)c1ccc2nc(-c3cnn(-c4ccc(Cl)cc4)c3)[nH]c2c1. The quantitative estimate of drug-likeness (QED) is 0.595. The van der Waals surface area contributed by atoms with E-state index in [1.165, 1.54) is 6.07 Å². The Kier molecular flexibility index (Phi) is 3.32. The number of carboxylic acids is 1. The lowest BCUT2D eigenvalue weighted by Gasteiger charge is -1.99. The van der Waals surface area contributed by atoms with Gasteiger partial charge in [0.2, 0.25) is 0 Å². The van der Waals surface area contributed by atoms with E-state index in [0.29, 0.717) is 21.9 Å². The summed E-state index contributed by atoms with van der Waals surface area (Å²) >= 11 is 5.89. The van der Waals surface area contributed by atoms with Crippen LogP contribution in [0.25, 0.3) is 28.1 Å². The second-order valence-corrected chi connectivity index (χ2v) is 5.71. The zero-order chi connectivity index (χ0) is 16.7. The fraction of sp³-hybridized carbons (Fsp3) is 0. The lowest BCUT2D eigenvalue weighted by molar-refractivity contribution is 0.0697. The lowest BCUT2D eigenvalue weighted by Crippen LogP contribution is -1.94. The van der Waals surface area contributed by atoms with Crippen LogP contribution in [0.5, 0.6) is 0 Å². The topological polar surface area (TPSA) is 83.8 Å². The molecule has 4 rings (SSSR count). The Morgan fingerprint density at radius 2 is 1.96 bits per heavy atom. The molecule has 2 heterocycles. The summed E-state index contributed by atoms with van der Waals surface area (Å²) in [7, 11) is 0. The monoisotopic (exact) mass is 338 g/mol. The zero-order valence-electron chi connectivity index (χ0n) is 12.3. The van der Waals surface area contributed by atoms with Crippen LogP contribution in [0.2, 0.25) is 5.02 Å². The van der Waals surface area contributed by atoms with Crippen LogP contribution < -0.4 is 0 Å². The number of aromatic carboxylic acids is 1. The summed E-state index contributed by atoms with van der Waals surface area (Å²) in [5, 5.41) is 14.1. The molecule has 4 aromatic rings. The molecule has 0 aliphatic heterocycles. The van der Waals surface area contributed by atoms with Gasteiger partial charge in [0.15, 0.2) is 0 Å². The molecule has 0 aliphatic rings. The van der Waals surface area contributed by atoms with E-state index in [2.05, 4.69) is 15.1 Å². The molecule has 0 unspecified atom stereocenters. The number of carboxylic acid groups (broad SMARTS) is 1. The predicted octanol–water partition coefficient (Wildman–Crippen LogP) is 3.77. The van der Waals surface area contributed by atoms with Crippen molar-refractivity contribution < 1.29 is 9.90 Å². The number of nitrogens with one attached hydrogen (secondary N) is 1. The second kappa shape index (κ2) is 5.50. The predicted molar refractivity (Wildman–Crippen MR) is 90.6 cm³/mol. The Bertz CT molecular complexity index is 1050. The summed E-state index contributed by atoms with van der Waals surface area (Å²) in [6, 6.07) is 12.1. The summed E-state index contributed by atoms with van der Waals surface area (Å²) < 4.78 is 1.72. The lowest BCUT2D eigenvalue weighted by atomic mass is 10.2. The Hall–Kier alpha value is -3.12. The van der Waals surface area contributed by atoms with Crippen molar-refractivity contribution in [1.82, 2.24) is 19.7 Å². The van der Waals surface area contributed by atoms with Crippen LogP contribution in [-0.2, 0) is 0 Å². The number of H-pyrrole nitrogens is 1. The molecule has 0 atom stereocenters. The maximum atomic E-state index is 11.0. The first-order chi connectivity index (χ1) is 11.6. The molecule has 0 amide bonds. The van der Waals surface area contributed by atoms with Crippen molar-refractivity contribution >= 4 is 28.6 Å². The first-order valence-corrected chi connectivity index (χ1v) is 7.52. The van der Waals surface area contributed by atoms with Gasteiger partial charge in [0.25, 0.3) is 0 Å². The number of hydrogen-bond donors (Lipinski definition) is 2. The summed E-state index contributed by atoms with van der Waals surface area (Å²) in [6.07, 6.45) is 3.55. The number of nitrogens with zero attached hydrogens (tertiary/aromatic N) is 3. The van der Waals surface area contributed by atoms with Gasteiger partial charge in [-0.05, 0) is 42.5 Å². The highest BCUT2D eigenvalue weighted by atomic mass is 35.5. The molecule has 118 valence electrons. The second-order valence-electron chi connectivity index (χ2n) is 5.27. The summed E-state index contributed by atoms with van der Waals surface area (Å²) in [4.78, 5) is 18.7. The first-order valence-electron chi connectivity index (χ1n) is 7.14. The van der Waals surface area contributed by atoms with Gasteiger partial charge in [-0.15, -0.1) is 0 Å². The first kappa shape index (κ1) is 14.5. The number of halogens is 1. The van der Waals surface area contributed by atoms with Gasteiger partial charge in [0, 0.05) is 11.2 Å². The average molecular weight is 339 g/mol. The number of imidazole rings is 1. The fourth-order valence-corrected chi connectivity index (χ4v) is 2.59. The van der Waals surface area contributed by atoms with E-state index in [9.17, 15) is 4.79 Å². The van der Waals surface area contributed by atoms with Crippen LogP contribution in [-0.4, -0.2) is 30.8 Å². The van der Waals surface area contributed by atoms with Gasteiger partial charge in [-0.25, -0.2) is 14.5 Å². The van der Waals surface area contributed by atoms with Crippen LogP contribution >= 0.6 is 11.6 Å². The Balaban J connectivity index is 1.72. The van der Waals surface area contributed by atoms with Crippen molar-refractivity contribution in [2.24, 2.45) is 0 Å². The average Bonchev–Trinajstić information content (AvgIpc) is 3.21. The van der Waals surface area contributed by atoms with E-state index in [0.717, 1.165) is 11.3 Å². The molecule has 0 fully saturated rings. The molecule has 6 nitrogen and oxygen atoms in total. The number of aromatic nitrogens is 4. The van der Waals surface area contributed by atoms with Gasteiger partial charge < -0.3 is 10.1 Å². The van der Waals surface area contributed by atoms with Gasteiger partial charge >= 0.3 is 5.97 Å². The van der Waals surface area contributed by atoms with Gasteiger partial charge in [0.1, 0.15) is 5.82 Å². The Morgan fingerprint density at radius 3 is 2.71 bits per heavy atom. The van der Waals surface area contributed by atoms with E-state index in [4.69, 9.17) is 16.7 Å². The van der Waals surface area contributed by atoms with Crippen LogP contribution in [0.1, 0.15) is 10.4 Å². The van der Waals surface area contributed by atoms with E-state index in [1.54, 1.807) is 35.1 Å². The van der Waals surface area contributed by atoms with E-state index >= 15 is 0 Å². The van der Waals surface area contributed by atoms with Gasteiger partial charge in [-0.2, -0.15) is 5.10 Å². The summed E-state index contributed by atoms with van der Waals surface area (Å²) in [5.41, 5.74) is 3.28. The van der Waals surface area contributed by atoms with Crippen molar-refractivity contribution in [2.45, 2.75) is 0 Å². The number of aromatic amines is 1. The van der Waals surface area contributed by atoms with E-state index in [-0.39, 0.29) is 5.56 Å². The number of carbonyl (C=O) groups is 1. The molecule has 0 spiro atoms. The normalized spacial score (nSPS) is 11.0. The molecule has 0 radical (unpaired) electrons. The zero-order valence-corrected chi connectivity index (χ0v) is 13.0. The smallest absolute Gasteiger partial charge is 0.335 e. The number of benzene rings is 2. The van der Waals surface area contributed by atoms with Crippen molar-refractivity contribution in [3.8, 4) is 17.1 Å². The molecule has 0 aliphatic carbocycles. The van der Waals surface area contributed by atoms with Crippen molar-refractivity contribution in [2.75, 3.05) is 0 Å². The van der Waals surface area contributed by atoms with E-state index < -0.39 is 5.97 Å². The van der Waals surface area contributed by atoms with E-state index in [1.807, 2.05) is 18.3 Å². The minimum Gasteiger partial charge on any atom is -0.478 e. The van der Waals surface area contributed by atoms with Crippen LogP contribution in [0.15, 0.2) is 54.9 Å². The third kappa shape index (κ3) is 2.53. The molecule has 7 heteroatoms. The van der Waals surface area contributed by atoms with Crippen LogP contribution in [0.3, 0.4) is 0 Å². The molecule has 0 saturated heterocycles. The molecular formula is C17H11ClN4O2. The van der Waals surface area contributed by atoms with Crippen molar-refractivity contribution in [3.05, 3.63) is 65.4 Å². The maximum Gasteiger partial charge on any atom is 0.335 e.